The van der Waals surface area contributed by atoms with Crippen LogP contribution in [0.2, 0.25) is 0 Å². The fourth-order valence-electron chi connectivity index (χ4n) is 4.41. The molecule has 176 valence electrons. The van der Waals surface area contributed by atoms with Crippen LogP contribution in [0.25, 0.3) is 32.8 Å². The molecule has 34 heavy (non-hydrogen) atoms. The van der Waals surface area contributed by atoms with Crippen LogP contribution in [0.1, 0.15) is 17.5 Å². The van der Waals surface area contributed by atoms with Crippen LogP contribution in [-0.2, 0) is 24.4 Å². The highest BCUT2D eigenvalue weighted by Gasteiger charge is 2.38. The molecule has 0 radical (unpaired) electrons. The molecule has 8 heteroatoms. The van der Waals surface area contributed by atoms with E-state index in [0.717, 1.165) is 0 Å². The van der Waals surface area contributed by atoms with Gasteiger partial charge in [0.15, 0.2) is 0 Å². The van der Waals surface area contributed by atoms with Crippen molar-refractivity contribution in [3.8, 4) is 11.1 Å². The Morgan fingerprint density at radius 2 is 1.68 bits per heavy atom. The molecule has 4 aromatic rings. The number of alkyl halides is 3. The largest absolute Gasteiger partial charge is 0.481 e. The number of fused-ring (bicyclic) bond motifs is 2. The van der Waals surface area contributed by atoms with Gasteiger partial charge in [0.2, 0.25) is 0 Å². The van der Waals surface area contributed by atoms with E-state index in [1.54, 1.807) is 55.4 Å². The van der Waals surface area contributed by atoms with E-state index in [9.17, 15) is 22.8 Å². The number of rotatable bonds is 5. The van der Waals surface area contributed by atoms with Crippen LogP contribution in [0.5, 0.6) is 0 Å². The second kappa shape index (κ2) is 8.52. The third-order valence-electron chi connectivity index (χ3n) is 6.07. The molecule has 0 aliphatic carbocycles. The van der Waals surface area contributed by atoms with Gasteiger partial charge < -0.3 is 14.6 Å². The zero-order valence-corrected chi connectivity index (χ0v) is 18.9. The molecule has 0 aliphatic rings. The lowest BCUT2D eigenvalue weighted by Crippen LogP contribution is -2.25. The highest BCUT2D eigenvalue weighted by atomic mass is 19.4. The molecule has 0 unspecified atom stereocenters. The summed E-state index contributed by atoms with van der Waals surface area (Å²) in [6.07, 6.45) is -4.67. The normalized spacial score (nSPS) is 11.8. The number of aryl methyl sites for hydroxylation is 2. The van der Waals surface area contributed by atoms with Gasteiger partial charge in [-0.15, -0.1) is 0 Å². The number of hydrogen-bond acceptors (Lipinski definition) is 3. The van der Waals surface area contributed by atoms with E-state index in [4.69, 9.17) is 5.11 Å². The predicted molar refractivity (Wildman–Crippen MR) is 127 cm³/mol. The quantitative estimate of drug-likeness (QED) is 0.423. The van der Waals surface area contributed by atoms with E-state index >= 15 is 0 Å². The molecule has 1 aromatic heterocycles. The molecule has 0 bridgehead atoms. The van der Waals surface area contributed by atoms with Gasteiger partial charge in [0.05, 0.1) is 16.6 Å². The summed E-state index contributed by atoms with van der Waals surface area (Å²) in [7, 11) is 4.94. The Bertz CT molecular complexity index is 1490. The minimum atomic E-state index is -4.78. The number of carbonyl (C=O) groups is 1. The van der Waals surface area contributed by atoms with Gasteiger partial charge in [-0.2, -0.15) is 13.2 Å². The lowest BCUT2D eigenvalue weighted by atomic mass is 9.90. The van der Waals surface area contributed by atoms with Crippen LogP contribution in [-0.4, -0.2) is 29.7 Å². The number of carboxylic acid groups (broad SMARTS) is 1. The van der Waals surface area contributed by atoms with Gasteiger partial charge in [-0.3, -0.25) is 9.59 Å². The summed E-state index contributed by atoms with van der Waals surface area (Å²) < 4.78 is 45.0. The van der Waals surface area contributed by atoms with Gasteiger partial charge in [0.1, 0.15) is 0 Å². The Hall–Kier alpha value is -3.81. The first kappa shape index (κ1) is 23.4. The predicted octanol–water partition coefficient (Wildman–Crippen LogP) is 5.46. The summed E-state index contributed by atoms with van der Waals surface area (Å²) in [5.41, 5.74) is -0.508. The minimum Gasteiger partial charge on any atom is -0.481 e. The Morgan fingerprint density at radius 3 is 2.32 bits per heavy atom. The molecule has 0 atom stereocenters. The summed E-state index contributed by atoms with van der Waals surface area (Å²) >= 11 is 0. The van der Waals surface area contributed by atoms with Crippen molar-refractivity contribution in [3.05, 3.63) is 76.1 Å². The highest BCUT2D eigenvalue weighted by Crippen LogP contribution is 2.42. The summed E-state index contributed by atoms with van der Waals surface area (Å²) in [6.45, 7) is 0. The molecule has 5 nitrogen and oxygen atoms in total. The number of carboxylic acids is 1. The first-order valence-corrected chi connectivity index (χ1v) is 10.6. The second-order valence-corrected chi connectivity index (χ2v) is 8.42. The van der Waals surface area contributed by atoms with Crippen LogP contribution >= 0.6 is 0 Å². The van der Waals surface area contributed by atoms with E-state index in [0.29, 0.717) is 22.0 Å². The zero-order chi connectivity index (χ0) is 24.8. The highest BCUT2D eigenvalue weighted by molar-refractivity contribution is 6.02. The van der Waals surface area contributed by atoms with Crippen molar-refractivity contribution in [2.24, 2.45) is 7.05 Å². The zero-order valence-electron chi connectivity index (χ0n) is 18.9. The lowest BCUT2D eigenvalue weighted by Gasteiger charge is -2.21. The Kier molecular flexibility index (Phi) is 5.85. The fraction of sp³-hybridized carbons (Fsp3) is 0.231. The maximum atomic E-state index is 14.6. The number of halogens is 3. The molecule has 0 saturated heterocycles. The van der Waals surface area contributed by atoms with E-state index in [1.165, 1.54) is 29.8 Å². The third-order valence-corrected chi connectivity index (χ3v) is 6.07. The van der Waals surface area contributed by atoms with Crippen molar-refractivity contribution in [1.29, 1.82) is 0 Å². The number of benzene rings is 3. The van der Waals surface area contributed by atoms with Gasteiger partial charge in [-0.1, -0.05) is 36.4 Å². The number of aliphatic carboxylic acids is 1. The number of anilines is 1. The van der Waals surface area contributed by atoms with E-state index in [-0.39, 0.29) is 29.3 Å². The first-order chi connectivity index (χ1) is 16.0. The SMILES string of the molecule is CN(C)c1ccc2c(c1)c(C(F)(F)F)c(-c1cccc3c(CCC(=O)O)cccc13)c(=O)n2C. The fourth-order valence-corrected chi connectivity index (χ4v) is 4.41. The second-order valence-electron chi connectivity index (χ2n) is 8.42. The molecule has 1 heterocycles. The minimum absolute atomic E-state index is 0.0603. The van der Waals surface area contributed by atoms with Crippen LogP contribution in [0, 0.1) is 0 Å². The van der Waals surface area contributed by atoms with Gasteiger partial charge in [0, 0.05) is 38.6 Å². The lowest BCUT2D eigenvalue weighted by molar-refractivity contribution is -0.137. The van der Waals surface area contributed by atoms with Crippen LogP contribution in [0.3, 0.4) is 0 Å². The Labute approximate surface area is 193 Å². The van der Waals surface area contributed by atoms with Crippen molar-refractivity contribution in [2.75, 3.05) is 19.0 Å². The molecule has 0 spiro atoms. The van der Waals surface area contributed by atoms with Crippen molar-refractivity contribution in [2.45, 2.75) is 19.0 Å². The Morgan fingerprint density at radius 1 is 1.00 bits per heavy atom. The molecular formula is C26H23F3N2O3. The molecule has 0 saturated carbocycles. The van der Waals surface area contributed by atoms with Crippen molar-refractivity contribution in [3.63, 3.8) is 0 Å². The molecule has 0 amide bonds. The van der Waals surface area contributed by atoms with Gasteiger partial charge in [0.25, 0.3) is 5.56 Å². The summed E-state index contributed by atoms with van der Waals surface area (Å²) in [4.78, 5) is 26.2. The number of aromatic nitrogens is 1. The number of hydrogen-bond donors (Lipinski definition) is 1. The Balaban J connectivity index is 2.13. The average molecular weight is 468 g/mol. The monoisotopic (exact) mass is 468 g/mol. The molecule has 4 rings (SSSR count). The number of pyridine rings is 1. The van der Waals surface area contributed by atoms with Crippen LogP contribution in [0.15, 0.2) is 59.4 Å². The summed E-state index contributed by atoms with van der Waals surface area (Å²) in [5.74, 6) is -0.965. The van der Waals surface area contributed by atoms with Gasteiger partial charge >= 0.3 is 12.1 Å². The molecular weight excluding hydrogens is 445 g/mol. The first-order valence-electron chi connectivity index (χ1n) is 10.6. The smallest absolute Gasteiger partial charge is 0.417 e. The summed E-state index contributed by atoms with van der Waals surface area (Å²) in [6, 6.07) is 14.6. The van der Waals surface area contributed by atoms with Crippen molar-refractivity contribution >= 4 is 33.3 Å². The standard InChI is InChI=1S/C26H23F3N2O3/c1-30(2)16-11-12-21-20(14-16)24(26(27,28)29)23(25(34)31(21)3)19-9-5-7-17-15(10-13-22(32)33)6-4-8-18(17)19/h4-9,11-12,14H,10,13H2,1-3H3,(H,32,33). The summed E-state index contributed by atoms with van der Waals surface area (Å²) in [5, 5.41) is 10.1. The maximum Gasteiger partial charge on any atom is 0.417 e. The van der Waals surface area contributed by atoms with Crippen molar-refractivity contribution < 1.29 is 23.1 Å². The number of nitrogens with zero attached hydrogens (tertiary/aromatic N) is 2. The topological polar surface area (TPSA) is 62.5 Å². The van der Waals surface area contributed by atoms with Crippen LogP contribution < -0.4 is 10.5 Å². The van der Waals surface area contributed by atoms with E-state index in [1.807, 2.05) is 0 Å². The molecule has 1 N–H and O–H groups in total. The van der Waals surface area contributed by atoms with E-state index < -0.39 is 28.8 Å². The molecule has 3 aromatic carbocycles. The van der Waals surface area contributed by atoms with Crippen LogP contribution in [0.4, 0.5) is 18.9 Å². The molecule has 0 fully saturated rings. The molecule has 0 aliphatic heterocycles. The van der Waals surface area contributed by atoms with Gasteiger partial charge in [-0.05, 0) is 46.5 Å². The van der Waals surface area contributed by atoms with Crippen molar-refractivity contribution in [1.82, 2.24) is 4.57 Å². The average Bonchev–Trinajstić information content (AvgIpc) is 2.78. The van der Waals surface area contributed by atoms with Gasteiger partial charge in [-0.25, -0.2) is 0 Å². The van der Waals surface area contributed by atoms with E-state index in [2.05, 4.69) is 0 Å². The third kappa shape index (κ3) is 4.00. The maximum absolute atomic E-state index is 14.6.